The summed E-state index contributed by atoms with van der Waals surface area (Å²) in [5.74, 6) is 0. The first-order valence-electron chi connectivity index (χ1n) is 2.35. The fraction of sp³-hybridized carbons (Fsp3) is 0.800. The van der Waals surface area contributed by atoms with Gasteiger partial charge < -0.3 is 4.79 Å². The molecule has 0 aromatic carbocycles. The SMILES string of the molecule is CCCCC=O.[BaH2]. The molecule has 7 heavy (non-hydrogen) atoms. The van der Waals surface area contributed by atoms with Gasteiger partial charge in [-0.2, -0.15) is 0 Å². The molecule has 0 rings (SSSR count). The number of hydrogen-bond donors (Lipinski definition) is 0. The van der Waals surface area contributed by atoms with E-state index >= 15 is 0 Å². The van der Waals surface area contributed by atoms with Crippen LogP contribution in [0.1, 0.15) is 26.2 Å². The quantitative estimate of drug-likeness (QED) is 0.387. The van der Waals surface area contributed by atoms with E-state index in [0.29, 0.717) is 0 Å². The molecule has 0 aliphatic rings. The van der Waals surface area contributed by atoms with E-state index < -0.39 is 0 Å². The first kappa shape index (κ1) is 11.1. The maximum absolute atomic E-state index is 9.56. The van der Waals surface area contributed by atoms with Crippen molar-refractivity contribution in [2.45, 2.75) is 26.2 Å². The molecule has 0 aliphatic heterocycles. The van der Waals surface area contributed by atoms with Crippen LogP contribution in [0.4, 0.5) is 0 Å². The average Bonchev–Trinajstić information content (AvgIpc) is 1.61. The van der Waals surface area contributed by atoms with Gasteiger partial charge in [0.25, 0.3) is 0 Å². The minimum atomic E-state index is 0. The Hall–Kier alpha value is 1.24. The molecule has 0 spiro atoms. The molecule has 0 heterocycles. The number of carbonyl (C=O) groups is 1. The Bertz CT molecular complexity index is 37.1. The average molecular weight is 225 g/mol. The van der Waals surface area contributed by atoms with Gasteiger partial charge in [-0.15, -0.1) is 0 Å². The molecule has 0 atom stereocenters. The van der Waals surface area contributed by atoms with E-state index in [9.17, 15) is 4.79 Å². The van der Waals surface area contributed by atoms with Crippen LogP contribution in [0.3, 0.4) is 0 Å². The second-order valence-electron chi connectivity index (χ2n) is 1.31. The molecule has 0 saturated carbocycles. The van der Waals surface area contributed by atoms with Crippen molar-refractivity contribution in [2.75, 3.05) is 0 Å². The molecule has 0 saturated heterocycles. The van der Waals surface area contributed by atoms with Gasteiger partial charge in [-0.3, -0.25) is 0 Å². The van der Waals surface area contributed by atoms with E-state index in [0.717, 1.165) is 25.5 Å². The van der Waals surface area contributed by atoms with Crippen molar-refractivity contribution in [3.63, 3.8) is 0 Å². The monoisotopic (exact) mass is 226 g/mol. The number of carbonyl (C=O) groups excluding carboxylic acids is 1. The summed E-state index contributed by atoms with van der Waals surface area (Å²) in [5.41, 5.74) is 0. The van der Waals surface area contributed by atoms with Gasteiger partial charge in [0.05, 0.1) is 0 Å². The summed E-state index contributed by atoms with van der Waals surface area (Å²) in [6, 6.07) is 0. The van der Waals surface area contributed by atoms with Crippen LogP contribution in [0.5, 0.6) is 0 Å². The third-order valence-electron chi connectivity index (χ3n) is 0.676. The molecule has 0 aromatic rings. The first-order chi connectivity index (χ1) is 2.91. The van der Waals surface area contributed by atoms with Gasteiger partial charge in [-0.25, -0.2) is 0 Å². The normalized spacial score (nSPS) is 7.00. The van der Waals surface area contributed by atoms with Crippen LogP contribution in [-0.4, -0.2) is 55.2 Å². The Morgan fingerprint density at radius 3 is 2.29 bits per heavy atom. The number of aldehydes is 1. The Kier molecular flexibility index (Phi) is 16.3. The van der Waals surface area contributed by atoms with Crippen molar-refractivity contribution in [1.29, 1.82) is 0 Å². The predicted molar refractivity (Wildman–Crippen MR) is 34.1 cm³/mol. The zero-order valence-electron chi connectivity index (χ0n) is 4.11. The van der Waals surface area contributed by atoms with E-state index in [4.69, 9.17) is 0 Å². The summed E-state index contributed by atoms with van der Waals surface area (Å²) in [7, 11) is 0. The molecule has 2 heteroatoms. The van der Waals surface area contributed by atoms with Crippen LogP contribution in [-0.2, 0) is 4.79 Å². The van der Waals surface area contributed by atoms with Crippen LogP contribution < -0.4 is 0 Å². The zero-order valence-corrected chi connectivity index (χ0v) is 4.11. The molecular formula is C5H12BaO. The second-order valence-corrected chi connectivity index (χ2v) is 1.31. The van der Waals surface area contributed by atoms with E-state index in [1.54, 1.807) is 0 Å². The van der Waals surface area contributed by atoms with Gasteiger partial charge >= 0.3 is 48.9 Å². The molecule has 0 amide bonds. The van der Waals surface area contributed by atoms with E-state index in [1.807, 2.05) is 0 Å². The van der Waals surface area contributed by atoms with Crippen molar-refractivity contribution in [3.05, 3.63) is 0 Å². The van der Waals surface area contributed by atoms with Crippen molar-refractivity contribution < 1.29 is 4.79 Å². The van der Waals surface area contributed by atoms with Gasteiger partial charge in [0.2, 0.25) is 0 Å². The summed E-state index contributed by atoms with van der Waals surface area (Å²) < 4.78 is 0. The van der Waals surface area contributed by atoms with E-state index in [1.165, 1.54) is 0 Å². The summed E-state index contributed by atoms with van der Waals surface area (Å²) in [6.45, 7) is 2.07. The van der Waals surface area contributed by atoms with Crippen molar-refractivity contribution in [1.82, 2.24) is 0 Å². The fourth-order valence-electron chi connectivity index (χ4n) is 0.287. The van der Waals surface area contributed by atoms with Crippen LogP contribution in [0, 0.1) is 0 Å². The molecule has 0 aliphatic carbocycles. The molecule has 0 unspecified atom stereocenters. The summed E-state index contributed by atoms with van der Waals surface area (Å²) >= 11 is 0. The molecule has 0 radical (unpaired) electrons. The van der Waals surface area contributed by atoms with Gasteiger partial charge in [0, 0.05) is 6.42 Å². The van der Waals surface area contributed by atoms with Crippen LogP contribution in [0.15, 0.2) is 0 Å². The Morgan fingerprint density at radius 1 is 1.57 bits per heavy atom. The maximum atomic E-state index is 9.56. The first-order valence-corrected chi connectivity index (χ1v) is 2.35. The Balaban J connectivity index is 0. The standard InChI is InChI=1S/C5H10O.Ba.2H/c1-2-3-4-5-6;;;/h5H,2-4H2,1H3;;;. The van der Waals surface area contributed by atoms with E-state index in [-0.39, 0.29) is 48.9 Å². The number of unbranched alkanes of at least 4 members (excludes halogenated alkanes) is 2. The van der Waals surface area contributed by atoms with E-state index in [2.05, 4.69) is 6.92 Å². The second kappa shape index (κ2) is 10.3. The minimum absolute atomic E-state index is 0. The molecule has 0 aromatic heterocycles. The third-order valence-corrected chi connectivity index (χ3v) is 0.676. The summed E-state index contributed by atoms with van der Waals surface area (Å²) in [4.78, 5) is 9.56. The third kappa shape index (κ3) is 11.1. The molecule has 0 fully saturated rings. The Morgan fingerprint density at radius 2 is 2.14 bits per heavy atom. The fourth-order valence-corrected chi connectivity index (χ4v) is 0.287. The van der Waals surface area contributed by atoms with Gasteiger partial charge in [0.1, 0.15) is 6.29 Å². The number of hydrogen-bond acceptors (Lipinski definition) is 1. The summed E-state index contributed by atoms with van der Waals surface area (Å²) in [5, 5.41) is 0. The molecule has 1 nitrogen and oxygen atoms in total. The zero-order chi connectivity index (χ0) is 4.83. The topological polar surface area (TPSA) is 17.1 Å². The Labute approximate surface area is 84.9 Å². The van der Waals surface area contributed by atoms with Gasteiger partial charge in [-0.1, -0.05) is 13.3 Å². The molecule has 0 N–H and O–H groups in total. The van der Waals surface area contributed by atoms with Crippen molar-refractivity contribution >= 4 is 55.2 Å². The molecular weight excluding hydrogens is 213 g/mol. The predicted octanol–water partition coefficient (Wildman–Crippen LogP) is 0.459. The molecule has 40 valence electrons. The van der Waals surface area contributed by atoms with Crippen molar-refractivity contribution in [3.8, 4) is 0 Å². The van der Waals surface area contributed by atoms with Gasteiger partial charge in [-0.05, 0) is 6.42 Å². The van der Waals surface area contributed by atoms with Crippen molar-refractivity contribution in [2.24, 2.45) is 0 Å². The molecule has 0 bridgehead atoms. The van der Waals surface area contributed by atoms with Crippen LogP contribution in [0.2, 0.25) is 0 Å². The number of rotatable bonds is 3. The van der Waals surface area contributed by atoms with Crippen LogP contribution >= 0.6 is 0 Å². The summed E-state index contributed by atoms with van der Waals surface area (Å²) in [6.07, 6.45) is 3.86. The van der Waals surface area contributed by atoms with Crippen LogP contribution in [0.25, 0.3) is 0 Å². The van der Waals surface area contributed by atoms with Gasteiger partial charge in [0.15, 0.2) is 0 Å².